The summed E-state index contributed by atoms with van der Waals surface area (Å²) < 4.78 is 6.46. The number of carbonyl (C=O) groups excluding carboxylic acids is 1. The molecule has 0 fully saturated rings. The molecule has 0 aromatic carbocycles. The minimum atomic E-state index is -0.521. The highest BCUT2D eigenvalue weighted by Crippen LogP contribution is 2.11. The van der Waals surface area contributed by atoms with Crippen molar-refractivity contribution in [1.82, 2.24) is 14.8 Å². The molecule has 0 aliphatic heterocycles. The molecule has 5 nitrogen and oxygen atoms in total. The summed E-state index contributed by atoms with van der Waals surface area (Å²) in [7, 11) is 0. The lowest BCUT2D eigenvalue weighted by Gasteiger charge is -2.18. The molecule has 2 rings (SSSR count). The van der Waals surface area contributed by atoms with Crippen molar-refractivity contribution in [3.8, 4) is 0 Å². The molecule has 0 atom stereocenters. The van der Waals surface area contributed by atoms with Crippen LogP contribution < -0.4 is 0 Å². The van der Waals surface area contributed by atoms with E-state index < -0.39 is 11.7 Å². The number of hydrogen-bond acceptors (Lipinski definition) is 4. The highest BCUT2D eigenvalue weighted by atomic mass is 16.6. The van der Waals surface area contributed by atoms with Gasteiger partial charge in [-0.25, -0.2) is 4.79 Å². The van der Waals surface area contributed by atoms with Crippen LogP contribution >= 0.6 is 0 Å². The maximum atomic E-state index is 11.8. The van der Waals surface area contributed by atoms with Crippen LogP contribution in [0, 0.1) is 0 Å². The molecule has 0 spiro atoms. The molecule has 19 heavy (non-hydrogen) atoms. The van der Waals surface area contributed by atoms with Gasteiger partial charge in [0.25, 0.3) is 0 Å². The Morgan fingerprint density at radius 2 is 2.11 bits per heavy atom. The fourth-order valence-electron chi connectivity index (χ4n) is 1.60. The monoisotopic (exact) mass is 259 g/mol. The number of pyridine rings is 1. The molecule has 0 aliphatic carbocycles. The van der Waals surface area contributed by atoms with Crippen molar-refractivity contribution >= 4 is 6.09 Å². The lowest BCUT2D eigenvalue weighted by atomic mass is 10.1. The lowest BCUT2D eigenvalue weighted by molar-refractivity contribution is 0.0514. The SMILES string of the molecule is CC(C)(C)OC(=O)n1cc(Cc2cccnc2)cn1. The molecule has 5 heteroatoms. The van der Waals surface area contributed by atoms with E-state index in [0.717, 1.165) is 11.1 Å². The van der Waals surface area contributed by atoms with Gasteiger partial charge in [-0.15, -0.1) is 0 Å². The van der Waals surface area contributed by atoms with Crippen LogP contribution in [0.25, 0.3) is 0 Å². The van der Waals surface area contributed by atoms with Gasteiger partial charge in [0.2, 0.25) is 0 Å². The first-order chi connectivity index (χ1) is 8.94. The summed E-state index contributed by atoms with van der Waals surface area (Å²) in [4.78, 5) is 15.8. The highest BCUT2D eigenvalue weighted by molar-refractivity contribution is 5.69. The summed E-state index contributed by atoms with van der Waals surface area (Å²) in [6, 6.07) is 3.87. The van der Waals surface area contributed by atoms with E-state index in [-0.39, 0.29) is 0 Å². The number of rotatable bonds is 2. The van der Waals surface area contributed by atoms with Crippen LogP contribution in [-0.2, 0) is 11.2 Å². The molecule has 2 aromatic heterocycles. The summed E-state index contributed by atoms with van der Waals surface area (Å²) in [6.07, 6.45) is 7.09. The average Bonchev–Trinajstić information content (AvgIpc) is 2.77. The van der Waals surface area contributed by atoms with Gasteiger partial charge >= 0.3 is 6.09 Å². The molecule has 2 aromatic rings. The second-order valence-corrected chi connectivity index (χ2v) is 5.31. The van der Waals surface area contributed by atoms with Crippen molar-refractivity contribution in [2.75, 3.05) is 0 Å². The molecule has 0 aliphatic rings. The van der Waals surface area contributed by atoms with Crippen molar-refractivity contribution in [2.24, 2.45) is 0 Å². The van der Waals surface area contributed by atoms with Crippen molar-refractivity contribution < 1.29 is 9.53 Å². The van der Waals surface area contributed by atoms with E-state index in [4.69, 9.17) is 4.74 Å². The maximum Gasteiger partial charge on any atom is 0.435 e. The normalized spacial score (nSPS) is 11.3. The molecule has 100 valence electrons. The van der Waals surface area contributed by atoms with Crippen LogP contribution in [0.3, 0.4) is 0 Å². The van der Waals surface area contributed by atoms with E-state index in [9.17, 15) is 4.79 Å². The van der Waals surface area contributed by atoms with Crippen LogP contribution in [-0.4, -0.2) is 26.5 Å². The van der Waals surface area contributed by atoms with Gasteiger partial charge in [0.15, 0.2) is 0 Å². The number of carbonyl (C=O) groups is 1. The van der Waals surface area contributed by atoms with Crippen molar-refractivity contribution in [3.63, 3.8) is 0 Å². The molecule has 0 saturated heterocycles. The highest BCUT2D eigenvalue weighted by Gasteiger charge is 2.18. The molecular weight excluding hydrogens is 242 g/mol. The summed E-state index contributed by atoms with van der Waals surface area (Å²) >= 11 is 0. The number of hydrogen-bond donors (Lipinski definition) is 0. The largest absolute Gasteiger partial charge is 0.442 e. The zero-order valence-electron chi connectivity index (χ0n) is 11.3. The van der Waals surface area contributed by atoms with Crippen molar-refractivity contribution in [2.45, 2.75) is 32.8 Å². The van der Waals surface area contributed by atoms with Crippen molar-refractivity contribution in [3.05, 3.63) is 48.0 Å². The molecule has 0 unspecified atom stereocenters. The van der Waals surface area contributed by atoms with Gasteiger partial charge in [-0.2, -0.15) is 9.78 Å². The third kappa shape index (κ3) is 3.91. The Morgan fingerprint density at radius 3 is 2.74 bits per heavy atom. The average molecular weight is 259 g/mol. The Bertz CT molecular complexity index is 556. The van der Waals surface area contributed by atoms with E-state index in [1.165, 1.54) is 4.68 Å². The van der Waals surface area contributed by atoms with Gasteiger partial charge in [-0.3, -0.25) is 4.98 Å². The predicted molar refractivity (Wildman–Crippen MR) is 70.9 cm³/mol. The summed E-state index contributed by atoms with van der Waals surface area (Å²) in [5.41, 5.74) is 1.50. The van der Waals surface area contributed by atoms with E-state index in [2.05, 4.69) is 10.1 Å². The summed E-state index contributed by atoms with van der Waals surface area (Å²) in [5, 5.41) is 4.02. The van der Waals surface area contributed by atoms with E-state index in [0.29, 0.717) is 6.42 Å². The number of ether oxygens (including phenoxy) is 1. The van der Waals surface area contributed by atoms with Gasteiger partial charge in [0, 0.05) is 25.0 Å². The Balaban J connectivity index is 2.05. The zero-order valence-corrected chi connectivity index (χ0v) is 11.3. The first kappa shape index (κ1) is 13.3. The molecular formula is C14H17N3O2. The fourth-order valence-corrected chi connectivity index (χ4v) is 1.60. The fraction of sp³-hybridized carbons (Fsp3) is 0.357. The van der Waals surface area contributed by atoms with E-state index in [1.807, 2.05) is 32.9 Å². The molecule has 2 heterocycles. The number of aromatic nitrogens is 3. The van der Waals surface area contributed by atoms with Gasteiger partial charge < -0.3 is 4.74 Å². The lowest BCUT2D eigenvalue weighted by Crippen LogP contribution is -2.27. The van der Waals surface area contributed by atoms with Gasteiger partial charge in [-0.05, 0) is 38.0 Å². The second kappa shape index (κ2) is 5.22. The Morgan fingerprint density at radius 1 is 1.32 bits per heavy atom. The number of nitrogens with zero attached hydrogens (tertiary/aromatic N) is 3. The molecule has 0 radical (unpaired) electrons. The van der Waals surface area contributed by atoms with Gasteiger partial charge in [-0.1, -0.05) is 6.07 Å². The minimum Gasteiger partial charge on any atom is -0.442 e. The summed E-state index contributed by atoms with van der Waals surface area (Å²) in [5.74, 6) is 0. The predicted octanol–water partition coefficient (Wildman–Crippen LogP) is 2.65. The molecule has 0 saturated carbocycles. The van der Waals surface area contributed by atoms with E-state index >= 15 is 0 Å². The quantitative estimate of drug-likeness (QED) is 0.832. The Labute approximate surface area is 112 Å². The smallest absolute Gasteiger partial charge is 0.435 e. The minimum absolute atomic E-state index is 0.468. The molecule has 0 amide bonds. The van der Waals surface area contributed by atoms with Gasteiger partial charge in [0.1, 0.15) is 5.60 Å². The molecule has 0 bridgehead atoms. The third-order valence-corrected chi connectivity index (χ3v) is 2.35. The first-order valence-electron chi connectivity index (χ1n) is 6.10. The molecule has 0 N–H and O–H groups in total. The van der Waals surface area contributed by atoms with Crippen LogP contribution in [0.5, 0.6) is 0 Å². The van der Waals surface area contributed by atoms with Crippen LogP contribution in [0.1, 0.15) is 31.9 Å². The maximum absolute atomic E-state index is 11.8. The first-order valence-corrected chi connectivity index (χ1v) is 6.10. The standard InChI is InChI=1S/C14H17N3O2/c1-14(2,3)19-13(18)17-10-12(9-16-17)7-11-5-4-6-15-8-11/h4-6,8-10H,7H2,1-3H3. The van der Waals surface area contributed by atoms with E-state index in [1.54, 1.807) is 24.8 Å². The summed E-state index contributed by atoms with van der Waals surface area (Å²) in [6.45, 7) is 5.47. The second-order valence-electron chi connectivity index (χ2n) is 5.31. The van der Waals surface area contributed by atoms with Crippen molar-refractivity contribution in [1.29, 1.82) is 0 Å². The topological polar surface area (TPSA) is 57.0 Å². The van der Waals surface area contributed by atoms with Crippen LogP contribution in [0.4, 0.5) is 4.79 Å². The third-order valence-electron chi connectivity index (χ3n) is 2.35. The van der Waals surface area contributed by atoms with Crippen LogP contribution in [0.15, 0.2) is 36.9 Å². The van der Waals surface area contributed by atoms with Crippen LogP contribution in [0.2, 0.25) is 0 Å². The zero-order chi connectivity index (χ0) is 13.9. The Kier molecular flexibility index (Phi) is 3.64. The van der Waals surface area contributed by atoms with Gasteiger partial charge in [0.05, 0.1) is 6.20 Å². The Hall–Kier alpha value is -2.17.